The van der Waals surface area contributed by atoms with Crippen molar-refractivity contribution in [3.8, 4) is 0 Å². The molecule has 0 saturated carbocycles. The molecular formula is C12H19N. The summed E-state index contributed by atoms with van der Waals surface area (Å²) in [5, 5.41) is 0. The second-order valence-electron chi connectivity index (χ2n) is 3.54. The molecule has 0 heterocycles. The maximum Gasteiger partial charge on any atom is -0.0256 e. The summed E-state index contributed by atoms with van der Waals surface area (Å²) in [6.45, 7) is 8.20. The fourth-order valence-corrected chi connectivity index (χ4v) is 1.26. The van der Waals surface area contributed by atoms with Crippen molar-refractivity contribution in [1.82, 2.24) is 6.15 Å². The van der Waals surface area contributed by atoms with Crippen LogP contribution in [0.15, 0.2) is 30.8 Å². The van der Waals surface area contributed by atoms with Gasteiger partial charge in [0.15, 0.2) is 0 Å². The van der Waals surface area contributed by atoms with E-state index in [1.54, 1.807) is 0 Å². The van der Waals surface area contributed by atoms with Gasteiger partial charge >= 0.3 is 0 Å². The Hall–Kier alpha value is -1.08. The quantitative estimate of drug-likeness (QED) is 0.750. The third kappa shape index (κ3) is 3.90. The lowest BCUT2D eigenvalue weighted by atomic mass is 10.0. The molecule has 1 nitrogen and oxygen atoms in total. The van der Waals surface area contributed by atoms with Gasteiger partial charge < -0.3 is 6.15 Å². The third-order valence-electron chi connectivity index (χ3n) is 1.86. The minimum absolute atomic E-state index is 0. The highest BCUT2D eigenvalue weighted by Gasteiger charge is 1.96. The lowest BCUT2D eigenvalue weighted by Crippen LogP contribution is -1.93. The van der Waals surface area contributed by atoms with Crippen molar-refractivity contribution in [2.75, 3.05) is 0 Å². The van der Waals surface area contributed by atoms with Crippen molar-refractivity contribution < 1.29 is 0 Å². The molecule has 1 rings (SSSR count). The SMILES string of the molecule is C=Cc1ccc(CC(C)C)cc1.N. The Kier molecular flexibility index (Phi) is 5.09. The van der Waals surface area contributed by atoms with Crippen LogP contribution < -0.4 is 6.15 Å². The second kappa shape index (κ2) is 5.55. The molecular weight excluding hydrogens is 158 g/mol. The van der Waals surface area contributed by atoms with Crippen molar-refractivity contribution in [1.29, 1.82) is 0 Å². The molecule has 0 saturated heterocycles. The monoisotopic (exact) mass is 177 g/mol. The standard InChI is InChI=1S/C12H16.H3N/c1-4-11-5-7-12(8-6-11)9-10(2)3;/h4-8,10H,1,9H2,2-3H3;1H3. The molecule has 72 valence electrons. The number of hydrogen-bond donors (Lipinski definition) is 1. The van der Waals surface area contributed by atoms with E-state index in [0.717, 1.165) is 12.3 Å². The van der Waals surface area contributed by atoms with Gasteiger partial charge in [-0.1, -0.05) is 50.8 Å². The van der Waals surface area contributed by atoms with Gasteiger partial charge in [0.25, 0.3) is 0 Å². The van der Waals surface area contributed by atoms with Crippen LogP contribution in [0.5, 0.6) is 0 Å². The number of hydrogen-bond acceptors (Lipinski definition) is 1. The van der Waals surface area contributed by atoms with Crippen molar-refractivity contribution in [2.24, 2.45) is 5.92 Å². The second-order valence-corrected chi connectivity index (χ2v) is 3.54. The Morgan fingerprint density at radius 3 is 2.15 bits per heavy atom. The van der Waals surface area contributed by atoms with Gasteiger partial charge in [-0.2, -0.15) is 0 Å². The van der Waals surface area contributed by atoms with Gasteiger partial charge in [-0.15, -0.1) is 0 Å². The van der Waals surface area contributed by atoms with E-state index in [1.807, 2.05) is 6.08 Å². The van der Waals surface area contributed by atoms with E-state index in [-0.39, 0.29) is 6.15 Å². The molecule has 0 atom stereocenters. The Bertz CT molecular complexity index is 246. The van der Waals surface area contributed by atoms with E-state index >= 15 is 0 Å². The van der Waals surface area contributed by atoms with Gasteiger partial charge in [-0.25, -0.2) is 0 Å². The summed E-state index contributed by atoms with van der Waals surface area (Å²) in [5.41, 5.74) is 2.61. The predicted molar refractivity (Wildman–Crippen MR) is 60.1 cm³/mol. The van der Waals surface area contributed by atoms with Crippen LogP contribution in [0.1, 0.15) is 25.0 Å². The smallest absolute Gasteiger partial charge is 0.0256 e. The molecule has 1 aromatic carbocycles. The normalized spacial score (nSPS) is 9.46. The summed E-state index contributed by atoms with van der Waals surface area (Å²) in [4.78, 5) is 0. The molecule has 13 heavy (non-hydrogen) atoms. The van der Waals surface area contributed by atoms with Gasteiger partial charge in [-0.3, -0.25) is 0 Å². The highest BCUT2D eigenvalue weighted by molar-refractivity contribution is 5.47. The zero-order valence-corrected chi connectivity index (χ0v) is 8.59. The van der Waals surface area contributed by atoms with E-state index < -0.39 is 0 Å². The van der Waals surface area contributed by atoms with E-state index in [4.69, 9.17) is 0 Å². The molecule has 0 aliphatic rings. The first-order chi connectivity index (χ1) is 5.72. The molecule has 0 aromatic heterocycles. The van der Waals surface area contributed by atoms with E-state index in [2.05, 4.69) is 44.7 Å². The summed E-state index contributed by atoms with van der Waals surface area (Å²) in [7, 11) is 0. The molecule has 0 aliphatic heterocycles. The van der Waals surface area contributed by atoms with E-state index in [0.29, 0.717) is 0 Å². The molecule has 0 radical (unpaired) electrons. The first-order valence-electron chi connectivity index (χ1n) is 4.43. The van der Waals surface area contributed by atoms with Gasteiger partial charge in [0.05, 0.1) is 0 Å². The average molecular weight is 177 g/mol. The molecule has 0 bridgehead atoms. The van der Waals surface area contributed by atoms with Crippen LogP contribution >= 0.6 is 0 Å². The van der Waals surface area contributed by atoms with Crippen molar-refractivity contribution in [3.63, 3.8) is 0 Å². The topological polar surface area (TPSA) is 35.0 Å². The molecule has 3 N–H and O–H groups in total. The summed E-state index contributed by atoms with van der Waals surface area (Å²) < 4.78 is 0. The summed E-state index contributed by atoms with van der Waals surface area (Å²) >= 11 is 0. The fourth-order valence-electron chi connectivity index (χ4n) is 1.26. The maximum atomic E-state index is 3.72. The van der Waals surface area contributed by atoms with Gasteiger partial charge in [0, 0.05) is 0 Å². The van der Waals surface area contributed by atoms with Crippen molar-refractivity contribution in [3.05, 3.63) is 42.0 Å². The van der Waals surface area contributed by atoms with Crippen LogP contribution in [0.4, 0.5) is 0 Å². The molecule has 0 aliphatic carbocycles. The third-order valence-corrected chi connectivity index (χ3v) is 1.86. The van der Waals surface area contributed by atoms with Gasteiger partial charge in [0.1, 0.15) is 0 Å². The van der Waals surface area contributed by atoms with Crippen LogP contribution in [0.25, 0.3) is 6.08 Å². The fraction of sp³-hybridized carbons (Fsp3) is 0.333. The summed E-state index contributed by atoms with van der Waals surface area (Å²) in [6, 6.07) is 8.59. The molecule has 1 aromatic rings. The van der Waals surface area contributed by atoms with Crippen LogP contribution in [-0.4, -0.2) is 0 Å². The predicted octanol–water partition coefficient (Wildman–Crippen LogP) is 3.69. The maximum absolute atomic E-state index is 3.72. The van der Waals surface area contributed by atoms with Crippen LogP contribution in [0, 0.1) is 5.92 Å². The van der Waals surface area contributed by atoms with Gasteiger partial charge in [-0.05, 0) is 23.5 Å². The lowest BCUT2D eigenvalue weighted by molar-refractivity contribution is 0.647. The summed E-state index contributed by atoms with van der Waals surface area (Å²) in [6.07, 6.45) is 3.04. The molecule has 0 amide bonds. The summed E-state index contributed by atoms with van der Waals surface area (Å²) in [5.74, 6) is 0.736. The van der Waals surface area contributed by atoms with Crippen molar-refractivity contribution >= 4 is 6.08 Å². The molecule has 0 spiro atoms. The number of rotatable bonds is 3. The highest BCUT2D eigenvalue weighted by atomic mass is 14.0. The highest BCUT2D eigenvalue weighted by Crippen LogP contribution is 2.09. The zero-order chi connectivity index (χ0) is 8.97. The van der Waals surface area contributed by atoms with Crippen LogP contribution in [0.2, 0.25) is 0 Å². The minimum atomic E-state index is 0. The Labute approximate surface area is 81.1 Å². The average Bonchev–Trinajstić information content (AvgIpc) is 2.05. The van der Waals surface area contributed by atoms with Gasteiger partial charge in [0.2, 0.25) is 0 Å². The van der Waals surface area contributed by atoms with Crippen LogP contribution in [-0.2, 0) is 6.42 Å². The number of benzene rings is 1. The van der Waals surface area contributed by atoms with E-state index in [9.17, 15) is 0 Å². The van der Waals surface area contributed by atoms with E-state index in [1.165, 1.54) is 11.1 Å². The Morgan fingerprint density at radius 2 is 1.77 bits per heavy atom. The molecule has 1 heteroatoms. The minimum Gasteiger partial charge on any atom is -0.344 e. The van der Waals surface area contributed by atoms with Crippen LogP contribution in [0.3, 0.4) is 0 Å². The Morgan fingerprint density at radius 1 is 1.23 bits per heavy atom. The molecule has 0 fully saturated rings. The first kappa shape index (κ1) is 11.9. The van der Waals surface area contributed by atoms with Crippen molar-refractivity contribution in [2.45, 2.75) is 20.3 Å². The zero-order valence-electron chi connectivity index (χ0n) is 8.59. The Balaban J connectivity index is 0.00000144. The largest absolute Gasteiger partial charge is 0.344 e. The molecule has 0 unspecified atom stereocenters. The first-order valence-corrected chi connectivity index (χ1v) is 4.43. The lowest BCUT2D eigenvalue weighted by Gasteiger charge is -2.04.